The average molecular weight is 224 g/mol. The predicted octanol–water partition coefficient (Wildman–Crippen LogP) is 2.72. The number of ketones is 1. The van der Waals surface area contributed by atoms with E-state index in [0.29, 0.717) is 6.42 Å². The van der Waals surface area contributed by atoms with Gasteiger partial charge < -0.3 is 5.11 Å². The Morgan fingerprint density at radius 3 is 2.59 bits per heavy atom. The van der Waals surface area contributed by atoms with Crippen molar-refractivity contribution in [3.05, 3.63) is 64.7 Å². The molecule has 0 aromatic heterocycles. The van der Waals surface area contributed by atoms with Crippen molar-refractivity contribution < 1.29 is 9.90 Å². The highest BCUT2D eigenvalue weighted by Gasteiger charge is 2.19. The van der Waals surface area contributed by atoms with E-state index in [2.05, 4.69) is 0 Å². The molecular weight excluding hydrogens is 212 g/mol. The van der Waals surface area contributed by atoms with Crippen LogP contribution in [-0.4, -0.2) is 10.9 Å². The van der Waals surface area contributed by atoms with Crippen molar-refractivity contribution in [2.24, 2.45) is 0 Å². The maximum Gasteiger partial charge on any atom is 0.167 e. The highest BCUT2D eigenvalue weighted by Crippen LogP contribution is 2.26. The zero-order valence-electron chi connectivity index (χ0n) is 9.31. The molecule has 3 rings (SSSR count). The number of fused-ring (bicyclic) bond motifs is 2. The number of phenolic OH excluding ortho intramolecular Hbond substituents is 1. The Labute approximate surface area is 99.5 Å². The Morgan fingerprint density at radius 2 is 1.71 bits per heavy atom. The van der Waals surface area contributed by atoms with E-state index >= 15 is 0 Å². The molecule has 1 N–H and O–H groups in total. The van der Waals surface area contributed by atoms with Crippen LogP contribution in [-0.2, 0) is 12.8 Å². The summed E-state index contributed by atoms with van der Waals surface area (Å²) in [5.74, 6) is 0.354. The second-order valence-electron chi connectivity index (χ2n) is 4.39. The molecule has 0 saturated carbocycles. The molecule has 0 bridgehead atoms. The van der Waals surface area contributed by atoms with E-state index in [0.717, 1.165) is 28.7 Å². The summed E-state index contributed by atoms with van der Waals surface area (Å²) < 4.78 is 0. The number of aromatic hydroxyl groups is 1. The van der Waals surface area contributed by atoms with Gasteiger partial charge in [-0.25, -0.2) is 0 Å². The smallest absolute Gasteiger partial charge is 0.167 e. The van der Waals surface area contributed by atoms with Crippen molar-refractivity contribution >= 4 is 5.78 Å². The van der Waals surface area contributed by atoms with Gasteiger partial charge >= 0.3 is 0 Å². The average Bonchev–Trinajstić information content (AvgIpc) is 2.46. The first kappa shape index (κ1) is 10.1. The molecule has 0 unspecified atom stereocenters. The fraction of sp³-hybridized carbons (Fsp3) is 0.133. The van der Waals surface area contributed by atoms with Crippen LogP contribution < -0.4 is 0 Å². The van der Waals surface area contributed by atoms with Crippen LogP contribution in [0.5, 0.6) is 5.75 Å². The first-order valence-corrected chi connectivity index (χ1v) is 5.66. The van der Waals surface area contributed by atoms with Gasteiger partial charge in [-0.15, -0.1) is 0 Å². The summed E-state index contributed by atoms with van der Waals surface area (Å²) in [6.07, 6.45) is 1.14. The third kappa shape index (κ3) is 1.72. The fourth-order valence-electron chi connectivity index (χ4n) is 2.37. The van der Waals surface area contributed by atoms with Gasteiger partial charge in [0, 0.05) is 12.0 Å². The van der Waals surface area contributed by atoms with Crippen LogP contribution in [0, 0.1) is 0 Å². The highest BCUT2D eigenvalue weighted by atomic mass is 16.3. The van der Waals surface area contributed by atoms with Crippen LogP contribution in [0.1, 0.15) is 27.0 Å². The summed E-state index contributed by atoms with van der Waals surface area (Å²) in [5.41, 5.74) is 3.94. The fourth-order valence-corrected chi connectivity index (χ4v) is 2.37. The SMILES string of the molecule is O=C1Cc2cc(O)ccc2Cc2ccccc21. The Hall–Kier alpha value is -2.09. The first-order valence-electron chi connectivity index (χ1n) is 5.66. The van der Waals surface area contributed by atoms with Gasteiger partial charge in [0.25, 0.3) is 0 Å². The van der Waals surface area contributed by atoms with Crippen LogP contribution in [0.15, 0.2) is 42.5 Å². The third-order valence-corrected chi connectivity index (χ3v) is 3.24. The van der Waals surface area contributed by atoms with Gasteiger partial charge in [-0.1, -0.05) is 30.3 Å². The second-order valence-corrected chi connectivity index (χ2v) is 4.39. The minimum Gasteiger partial charge on any atom is -0.508 e. The number of carbonyl (C=O) groups excluding carboxylic acids is 1. The van der Waals surface area contributed by atoms with Gasteiger partial charge in [0.15, 0.2) is 5.78 Å². The molecule has 2 nitrogen and oxygen atoms in total. The normalized spacial score (nSPS) is 13.8. The van der Waals surface area contributed by atoms with Crippen molar-refractivity contribution in [2.75, 3.05) is 0 Å². The summed E-state index contributed by atoms with van der Waals surface area (Å²) in [6.45, 7) is 0. The van der Waals surface area contributed by atoms with E-state index < -0.39 is 0 Å². The number of carbonyl (C=O) groups is 1. The van der Waals surface area contributed by atoms with E-state index in [1.165, 1.54) is 0 Å². The monoisotopic (exact) mass is 224 g/mol. The molecule has 1 aliphatic rings. The zero-order chi connectivity index (χ0) is 11.8. The second kappa shape index (κ2) is 3.74. The van der Waals surface area contributed by atoms with Gasteiger partial charge in [-0.3, -0.25) is 4.79 Å². The Morgan fingerprint density at radius 1 is 0.882 bits per heavy atom. The molecule has 0 aliphatic heterocycles. The zero-order valence-corrected chi connectivity index (χ0v) is 9.31. The van der Waals surface area contributed by atoms with Crippen LogP contribution in [0.3, 0.4) is 0 Å². The Kier molecular flexibility index (Phi) is 2.22. The molecule has 0 fully saturated rings. The van der Waals surface area contributed by atoms with Crippen molar-refractivity contribution in [3.63, 3.8) is 0 Å². The van der Waals surface area contributed by atoms with Crippen molar-refractivity contribution in [3.8, 4) is 5.75 Å². The minimum absolute atomic E-state index is 0.130. The van der Waals surface area contributed by atoms with Gasteiger partial charge in [0.05, 0.1) is 0 Å². The predicted molar refractivity (Wildman–Crippen MR) is 65.4 cm³/mol. The van der Waals surface area contributed by atoms with Crippen molar-refractivity contribution in [1.29, 1.82) is 0 Å². The number of benzene rings is 2. The largest absolute Gasteiger partial charge is 0.508 e. The van der Waals surface area contributed by atoms with E-state index in [-0.39, 0.29) is 11.5 Å². The van der Waals surface area contributed by atoms with Gasteiger partial charge in [0.1, 0.15) is 5.75 Å². The standard InChI is InChI=1S/C15H12O2/c16-13-6-5-10-7-11-3-1-2-4-14(11)15(17)9-12(10)8-13/h1-6,8,16H,7,9H2. The van der Waals surface area contributed by atoms with Crippen LogP contribution >= 0.6 is 0 Å². The molecule has 2 aromatic rings. The molecule has 0 radical (unpaired) electrons. The summed E-state index contributed by atoms with van der Waals surface area (Å²) in [6, 6.07) is 13.0. The lowest BCUT2D eigenvalue weighted by atomic mass is 10.0. The number of Topliss-reactive ketones (excluding diaryl/α,β-unsaturated/α-hetero) is 1. The molecule has 1 aliphatic carbocycles. The quantitative estimate of drug-likeness (QED) is 0.747. The summed E-state index contributed by atoms with van der Waals surface area (Å²) in [4.78, 5) is 12.1. The first-order chi connectivity index (χ1) is 8.24. The van der Waals surface area contributed by atoms with Crippen LogP contribution in [0.25, 0.3) is 0 Å². The molecule has 2 aromatic carbocycles. The van der Waals surface area contributed by atoms with Gasteiger partial charge in [-0.05, 0) is 35.2 Å². The summed E-state index contributed by atoms with van der Waals surface area (Å²) in [5, 5.41) is 9.47. The van der Waals surface area contributed by atoms with Crippen molar-refractivity contribution in [1.82, 2.24) is 0 Å². The van der Waals surface area contributed by atoms with Crippen molar-refractivity contribution in [2.45, 2.75) is 12.8 Å². The molecule has 0 atom stereocenters. The molecule has 0 amide bonds. The highest BCUT2D eigenvalue weighted by molar-refractivity contribution is 5.99. The molecule has 0 heterocycles. The van der Waals surface area contributed by atoms with Crippen LogP contribution in [0.4, 0.5) is 0 Å². The Balaban J connectivity index is 2.17. The Bertz CT molecular complexity index is 600. The van der Waals surface area contributed by atoms with E-state index in [9.17, 15) is 9.90 Å². The van der Waals surface area contributed by atoms with Crippen LogP contribution in [0.2, 0.25) is 0 Å². The maximum absolute atomic E-state index is 12.1. The lowest BCUT2D eigenvalue weighted by Gasteiger charge is -2.05. The van der Waals surface area contributed by atoms with E-state index in [4.69, 9.17) is 0 Å². The van der Waals surface area contributed by atoms with E-state index in [1.54, 1.807) is 12.1 Å². The summed E-state index contributed by atoms with van der Waals surface area (Å²) in [7, 11) is 0. The molecule has 0 spiro atoms. The molecule has 84 valence electrons. The summed E-state index contributed by atoms with van der Waals surface area (Å²) >= 11 is 0. The maximum atomic E-state index is 12.1. The number of hydrogen-bond acceptors (Lipinski definition) is 2. The lowest BCUT2D eigenvalue weighted by molar-refractivity contribution is 0.0993. The van der Waals surface area contributed by atoms with Gasteiger partial charge in [0.2, 0.25) is 0 Å². The number of rotatable bonds is 0. The number of phenols is 1. The number of hydrogen-bond donors (Lipinski definition) is 1. The lowest BCUT2D eigenvalue weighted by Crippen LogP contribution is -2.03. The van der Waals surface area contributed by atoms with E-state index in [1.807, 2.05) is 30.3 Å². The minimum atomic E-state index is 0.130. The topological polar surface area (TPSA) is 37.3 Å². The third-order valence-electron chi connectivity index (χ3n) is 3.24. The molecule has 17 heavy (non-hydrogen) atoms. The molecular formula is C15H12O2. The van der Waals surface area contributed by atoms with Gasteiger partial charge in [-0.2, -0.15) is 0 Å². The molecule has 2 heteroatoms. The molecule has 0 saturated heterocycles.